The Morgan fingerprint density at radius 2 is 2.24 bits per heavy atom. The van der Waals surface area contributed by atoms with E-state index in [1.165, 1.54) is 28.0 Å². The molecule has 4 rings (SSSR count). The van der Waals surface area contributed by atoms with E-state index < -0.39 is 0 Å². The topological polar surface area (TPSA) is 122 Å². The number of nitrogen functional groups attached to an aromatic ring is 1. The standard InChI is InChI=1S/C17H17N7O2S3/c1-3-26-16(25)13-9(2)12-14(18)19-11(20-15(12)29-13)8-28-17-21-22-23-24(17)7-10-5-4-6-27-10/h4-6H,3,7-8H2,1-2H3,(H2,18,19,20). The van der Waals surface area contributed by atoms with Crippen molar-refractivity contribution in [1.29, 1.82) is 0 Å². The Bertz CT molecular complexity index is 1150. The van der Waals surface area contributed by atoms with Crippen molar-refractivity contribution in [2.24, 2.45) is 0 Å². The fourth-order valence-corrected chi connectivity index (χ4v) is 5.27. The number of tetrazole rings is 1. The summed E-state index contributed by atoms with van der Waals surface area (Å²) < 4.78 is 6.86. The van der Waals surface area contributed by atoms with Crippen LogP contribution in [0.25, 0.3) is 10.2 Å². The summed E-state index contributed by atoms with van der Waals surface area (Å²) in [4.78, 5) is 23.5. The first-order valence-electron chi connectivity index (χ1n) is 8.70. The first-order valence-corrected chi connectivity index (χ1v) is 11.4. The Hall–Kier alpha value is -2.57. The Morgan fingerprint density at radius 3 is 3.00 bits per heavy atom. The quantitative estimate of drug-likeness (QED) is 0.336. The maximum atomic E-state index is 12.2. The number of thiophene rings is 2. The van der Waals surface area contributed by atoms with Crippen molar-refractivity contribution < 1.29 is 9.53 Å². The molecule has 9 nitrogen and oxygen atoms in total. The van der Waals surface area contributed by atoms with E-state index in [-0.39, 0.29) is 5.97 Å². The lowest BCUT2D eigenvalue weighted by atomic mass is 10.2. The molecule has 0 bridgehead atoms. The van der Waals surface area contributed by atoms with E-state index >= 15 is 0 Å². The molecular weight excluding hydrogens is 430 g/mol. The molecule has 150 valence electrons. The molecule has 0 amide bonds. The van der Waals surface area contributed by atoms with E-state index in [0.29, 0.717) is 50.8 Å². The summed E-state index contributed by atoms with van der Waals surface area (Å²) in [6.07, 6.45) is 0. The molecule has 0 aromatic carbocycles. The molecule has 0 spiro atoms. The van der Waals surface area contributed by atoms with Crippen LogP contribution in [0.15, 0.2) is 22.7 Å². The Kier molecular flexibility index (Phi) is 5.74. The van der Waals surface area contributed by atoms with E-state index in [0.717, 1.165) is 5.56 Å². The third kappa shape index (κ3) is 4.09. The number of carbonyl (C=O) groups excluding carboxylic acids is 1. The minimum atomic E-state index is -0.365. The highest BCUT2D eigenvalue weighted by Gasteiger charge is 2.20. The van der Waals surface area contributed by atoms with Gasteiger partial charge >= 0.3 is 5.97 Å². The van der Waals surface area contributed by atoms with Crippen LogP contribution in [-0.4, -0.2) is 42.8 Å². The number of esters is 1. The van der Waals surface area contributed by atoms with Crippen LogP contribution in [0.1, 0.15) is 32.9 Å². The average molecular weight is 448 g/mol. The predicted molar refractivity (Wildman–Crippen MR) is 113 cm³/mol. The number of hydrogen-bond acceptors (Lipinski definition) is 11. The number of aromatic nitrogens is 6. The lowest BCUT2D eigenvalue weighted by Crippen LogP contribution is -2.04. The minimum Gasteiger partial charge on any atom is -0.462 e. The third-order valence-electron chi connectivity index (χ3n) is 4.04. The van der Waals surface area contributed by atoms with Crippen molar-refractivity contribution in [3.8, 4) is 0 Å². The van der Waals surface area contributed by atoms with Crippen LogP contribution in [0.4, 0.5) is 5.82 Å². The third-order valence-corrected chi connectivity index (χ3v) is 7.02. The number of hydrogen-bond donors (Lipinski definition) is 1. The average Bonchev–Trinajstić information content (AvgIpc) is 3.42. The number of anilines is 1. The van der Waals surface area contributed by atoms with Crippen molar-refractivity contribution in [2.45, 2.75) is 31.3 Å². The number of aryl methyl sites for hydroxylation is 1. The second kappa shape index (κ2) is 8.43. The monoisotopic (exact) mass is 447 g/mol. The van der Waals surface area contributed by atoms with Gasteiger partial charge in [0.2, 0.25) is 5.16 Å². The van der Waals surface area contributed by atoms with Crippen LogP contribution < -0.4 is 5.73 Å². The molecule has 0 aliphatic carbocycles. The first-order chi connectivity index (χ1) is 14.1. The molecule has 0 saturated carbocycles. The zero-order chi connectivity index (χ0) is 20.4. The Balaban J connectivity index is 1.55. The maximum Gasteiger partial charge on any atom is 0.348 e. The van der Waals surface area contributed by atoms with Crippen molar-refractivity contribution in [1.82, 2.24) is 30.2 Å². The molecule has 2 N–H and O–H groups in total. The van der Waals surface area contributed by atoms with Crippen LogP contribution >= 0.6 is 34.4 Å². The molecule has 4 heterocycles. The smallest absolute Gasteiger partial charge is 0.348 e. The van der Waals surface area contributed by atoms with Gasteiger partial charge in [-0.3, -0.25) is 0 Å². The summed E-state index contributed by atoms with van der Waals surface area (Å²) in [7, 11) is 0. The molecule has 0 unspecified atom stereocenters. The van der Waals surface area contributed by atoms with Gasteiger partial charge in [0, 0.05) is 4.88 Å². The highest BCUT2D eigenvalue weighted by molar-refractivity contribution is 7.98. The van der Waals surface area contributed by atoms with Gasteiger partial charge in [-0.25, -0.2) is 19.4 Å². The molecule has 4 aromatic rings. The largest absolute Gasteiger partial charge is 0.462 e. The number of carbonyl (C=O) groups is 1. The first kappa shape index (κ1) is 19.7. The summed E-state index contributed by atoms with van der Waals surface area (Å²) >= 11 is 4.36. The molecule has 0 radical (unpaired) electrons. The van der Waals surface area contributed by atoms with Gasteiger partial charge in [-0.15, -0.1) is 27.8 Å². The summed E-state index contributed by atoms with van der Waals surface area (Å²) in [6, 6.07) is 4.04. The van der Waals surface area contributed by atoms with Crippen molar-refractivity contribution in [3.63, 3.8) is 0 Å². The highest BCUT2D eigenvalue weighted by atomic mass is 32.2. The summed E-state index contributed by atoms with van der Waals surface area (Å²) in [5.41, 5.74) is 6.91. The lowest BCUT2D eigenvalue weighted by Gasteiger charge is -2.04. The van der Waals surface area contributed by atoms with Gasteiger partial charge in [0.25, 0.3) is 0 Å². The molecule has 0 saturated heterocycles. The van der Waals surface area contributed by atoms with E-state index in [9.17, 15) is 4.79 Å². The zero-order valence-electron chi connectivity index (χ0n) is 15.7. The molecule has 0 atom stereocenters. The molecule has 4 aromatic heterocycles. The molecular formula is C17H17N7O2S3. The number of nitrogens with two attached hydrogens (primary N) is 1. The van der Waals surface area contributed by atoms with Crippen molar-refractivity contribution in [3.05, 3.63) is 38.7 Å². The summed E-state index contributed by atoms with van der Waals surface area (Å²) in [6.45, 7) is 4.53. The van der Waals surface area contributed by atoms with Crippen LogP contribution in [0.2, 0.25) is 0 Å². The van der Waals surface area contributed by atoms with Crippen LogP contribution in [-0.2, 0) is 17.0 Å². The van der Waals surface area contributed by atoms with E-state index in [2.05, 4.69) is 25.5 Å². The van der Waals surface area contributed by atoms with Crippen molar-refractivity contribution >= 4 is 56.4 Å². The van der Waals surface area contributed by atoms with E-state index in [1.54, 1.807) is 22.9 Å². The molecule has 29 heavy (non-hydrogen) atoms. The number of rotatable bonds is 7. The van der Waals surface area contributed by atoms with Crippen LogP contribution in [0.3, 0.4) is 0 Å². The molecule has 0 aliphatic rings. The lowest BCUT2D eigenvalue weighted by molar-refractivity contribution is 0.0531. The van der Waals surface area contributed by atoms with Gasteiger partial charge in [0.1, 0.15) is 21.3 Å². The SMILES string of the molecule is CCOC(=O)c1sc2nc(CSc3nnnn3Cc3cccs3)nc(N)c2c1C. The van der Waals surface area contributed by atoms with Gasteiger partial charge in [-0.1, -0.05) is 17.8 Å². The van der Waals surface area contributed by atoms with E-state index in [1.807, 2.05) is 24.4 Å². The van der Waals surface area contributed by atoms with Crippen LogP contribution in [0.5, 0.6) is 0 Å². The molecule has 0 aliphatic heterocycles. The van der Waals surface area contributed by atoms with Gasteiger partial charge in [0.15, 0.2) is 0 Å². The second-order valence-electron chi connectivity index (χ2n) is 5.97. The van der Waals surface area contributed by atoms with Crippen molar-refractivity contribution in [2.75, 3.05) is 12.3 Å². The number of nitrogens with zero attached hydrogens (tertiary/aromatic N) is 6. The minimum absolute atomic E-state index is 0.315. The Labute approximate surface area is 178 Å². The molecule has 0 fully saturated rings. The number of ether oxygens (including phenoxy) is 1. The van der Waals surface area contributed by atoms with Gasteiger partial charge < -0.3 is 10.5 Å². The van der Waals surface area contributed by atoms with Gasteiger partial charge in [-0.2, -0.15) is 0 Å². The summed E-state index contributed by atoms with van der Waals surface area (Å²) in [5, 5.41) is 15.3. The van der Waals surface area contributed by atoms with Gasteiger partial charge in [0.05, 0.1) is 24.3 Å². The summed E-state index contributed by atoms with van der Waals surface area (Å²) in [5.74, 6) is 1.00. The second-order valence-corrected chi connectivity index (χ2v) is 8.94. The van der Waals surface area contributed by atoms with Crippen LogP contribution in [0, 0.1) is 6.92 Å². The Morgan fingerprint density at radius 1 is 1.38 bits per heavy atom. The molecule has 12 heteroatoms. The maximum absolute atomic E-state index is 12.2. The van der Waals surface area contributed by atoms with E-state index in [4.69, 9.17) is 10.5 Å². The fraction of sp³-hybridized carbons (Fsp3) is 0.294. The number of thioether (sulfide) groups is 1. The van der Waals surface area contributed by atoms with Gasteiger partial charge in [-0.05, 0) is 41.3 Å². The highest BCUT2D eigenvalue weighted by Crippen LogP contribution is 2.34. The normalized spacial score (nSPS) is 11.2. The predicted octanol–water partition coefficient (Wildman–Crippen LogP) is 3.15. The number of fused-ring (bicyclic) bond motifs is 1. The fourth-order valence-electron chi connectivity index (χ4n) is 2.75. The zero-order valence-corrected chi connectivity index (χ0v) is 18.1.